The number of aliphatic carboxylic acids is 1. The van der Waals surface area contributed by atoms with E-state index < -0.39 is 12.0 Å². The van der Waals surface area contributed by atoms with Crippen LogP contribution in [0, 0.1) is 0 Å². The van der Waals surface area contributed by atoms with Crippen LogP contribution in [0.1, 0.15) is 32.6 Å². The second-order valence-electron chi connectivity index (χ2n) is 3.06. The van der Waals surface area contributed by atoms with E-state index in [4.69, 9.17) is 15.6 Å². The molecule has 6 heteroatoms. The molecule has 0 unspecified atom stereocenters. The van der Waals surface area contributed by atoms with Crippen LogP contribution in [0.5, 0.6) is 0 Å². The highest BCUT2D eigenvalue weighted by Gasteiger charge is 2.13. The van der Waals surface area contributed by atoms with Crippen molar-refractivity contribution in [3.63, 3.8) is 0 Å². The third kappa shape index (κ3) is 9.49. The summed E-state index contributed by atoms with van der Waals surface area (Å²) in [5.41, 5.74) is 5.21. The Morgan fingerprint density at radius 2 is 2.07 bits per heavy atom. The number of hydrogen-bond acceptors (Lipinski definition) is 4. The molecule has 0 rings (SSSR count). The number of carbonyl (C=O) groups is 2. The molecule has 15 heavy (non-hydrogen) atoms. The van der Waals surface area contributed by atoms with Crippen molar-refractivity contribution in [2.45, 2.75) is 38.6 Å². The molecule has 90 valence electrons. The van der Waals surface area contributed by atoms with Crippen LogP contribution in [0.15, 0.2) is 0 Å². The van der Waals surface area contributed by atoms with Crippen LogP contribution in [0.2, 0.25) is 0 Å². The molecular weight excluding hydrogens is 222 g/mol. The summed E-state index contributed by atoms with van der Waals surface area (Å²) in [6.07, 6.45) is 1.98. The Hall–Kier alpha value is -0.810. The maximum absolute atomic E-state index is 11.0. The Balaban J connectivity index is 0. The predicted octanol–water partition coefficient (Wildman–Crippen LogP) is 0.944. The number of hydrogen-bond donors (Lipinski definition) is 2. The van der Waals surface area contributed by atoms with Gasteiger partial charge in [-0.05, 0) is 12.8 Å². The fourth-order valence-corrected chi connectivity index (χ4v) is 0.799. The van der Waals surface area contributed by atoms with Crippen LogP contribution in [0.4, 0.5) is 0 Å². The number of carbonyl (C=O) groups excluding carboxylic acids is 1. The SMILES string of the molecule is CCCCOC(=O)CC[C@H](N)C(=O)O.Cl. The minimum atomic E-state index is -1.09. The molecular formula is C9H18ClNO4. The second-order valence-corrected chi connectivity index (χ2v) is 3.06. The molecule has 0 bridgehead atoms. The van der Waals surface area contributed by atoms with Crippen LogP contribution in [-0.2, 0) is 14.3 Å². The molecule has 0 aliphatic rings. The molecule has 5 nitrogen and oxygen atoms in total. The Morgan fingerprint density at radius 3 is 2.53 bits per heavy atom. The summed E-state index contributed by atoms with van der Waals surface area (Å²) in [4.78, 5) is 21.3. The van der Waals surface area contributed by atoms with Gasteiger partial charge in [0.05, 0.1) is 6.61 Å². The number of unbranched alkanes of at least 4 members (excludes halogenated alkanes) is 1. The highest BCUT2D eigenvalue weighted by molar-refractivity contribution is 5.85. The van der Waals surface area contributed by atoms with E-state index in [0.717, 1.165) is 12.8 Å². The molecule has 0 aliphatic carbocycles. The number of carboxylic acids is 1. The van der Waals surface area contributed by atoms with Gasteiger partial charge in [-0.15, -0.1) is 12.4 Å². The van der Waals surface area contributed by atoms with E-state index in [1.165, 1.54) is 0 Å². The molecule has 0 radical (unpaired) electrons. The quantitative estimate of drug-likeness (QED) is 0.510. The molecule has 0 heterocycles. The lowest BCUT2D eigenvalue weighted by molar-refractivity contribution is -0.144. The summed E-state index contributed by atoms with van der Waals surface area (Å²) in [6.45, 7) is 2.39. The number of rotatable bonds is 7. The van der Waals surface area contributed by atoms with Crippen molar-refractivity contribution in [2.75, 3.05) is 6.61 Å². The molecule has 0 saturated carbocycles. The molecule has 0 fully saturated rings. The average molecular weight is 240 g/mol. The number of halogens is 1. The second kappa shape index (κ2) is 9.73. The number of nitrogens with two attached hydrogens (primary N) is 1. The summed E-state index contributed by atoms with van der Waals surface area (Å²) in [7, 11) is 0. The van der Waals surface area contributed by atoms with Gasteiger partial charge in [-0.25, -0.2) is 0 Å². The third-order valence-corrected chi connectivity index (χ3v) is 1.74. The molecule has 0 aliphatic heterocycles. The van der Waals surface area contributed by atoms with Gasteiger partial charge < -0.3 is 15.6 Å². The first-order valence-corrected chi connectivity index (χ1v) is 4.72. The fourth-order valence-electron chi connectivity index (χ4n) is 0.799. The van der Waals surface area contributed by atoms with Crippen molar-refractivity contribution >= 4 is 24.3 Å². The van der Waals surface area contributed by atoms with E-state index in [0.29, 0.717) is 6.61 Å². The first-order valence-electron chi connectivity index (χ1n) is 4.72. The van der Waals surface area contributed by atoms with E-state index >= 15 is 0 Å². The summed E-state index contributed by atoms with van der Waals surface area (Å²) in [6, 6.07) is -0.978. The summed E-state index contributed by atoms with van der Waals surface area (Å²) in [5.74, 6) is -1.47. The van der Waals surface area contributed by atoms with E-state index in [2.05, 4.69) is 0 Å². The maximum atomic E-state index is 11.0. The van der Waals surface area contributed by atoms with Crippen LogP contribution >= 0.6 is 12.4 Å². The van der Waals surface area contributed by atoms with E-state index in [9.17, 15) is 9.59 Å². The smallest absolute Gasteiger partial charge is 0.320 e. The van der Waals surface area contributed by atoms with Gasteiger partial charge in [0.25, 0.3) is 0 Å². The van der Waals surface area contributed by atoms with Gasteiger partial charge in [-0.2, -0.15) is 0 Å². The lowest BCUT2D eigenvalue weighted by Crippen LogP contribution is -2.30. The highest BCUT2D eigenvalue weighted by atomic mass is 35.5. The topological polar surface area (TPSA) is 89.6 Å². The monoisotopic (exact) mass is 239 g/mol. The summed E-state index contributed by atoms with van der Waals surface area (Å²) >= 11 is 0. The minimum absolute atomic E-state index is 0. The van der Waals surface area contributed by atoms with Gasteiger partial charge in [0.2, 0.25) is 0 Å². The summed E-state index contributed by atoms with van der Waals surface area (Å²) < 4.78 is 4.83. The third-order valence-electron chi connectivity index (χ3n) is 1.74. The van der Waals surface area contributed by atoms with E-state index in [-0.39, 0.29) is 31.2 Å². The number of esters is 1. The first-order chi connectivity index (χ1) is 6.57. The van der Waals surface area contributed by atoms with Gasteiger partial charge in [0.15, 0.2) is 0 Å². The lowest BCUT2D eigenvalue weighted by Gasteiger charge is -2.06. The lowest BCUT2D eigenvalue weighted by atomic mass is 10.2. The highest BCUT2D eigenvalue weighted by Crippen LogP contribution is 1.98. The Labute approximate surface area is 95.4 Å². The van der Waals surface area contributed by atoms with E-state index in [1.54, 1.807) is 0 Å². The molecule has 0 spiro atoms. The van der Waals surface area contributed by atoms with Gasteiger partial charge in [-0.1, -0.05) is 13.3 Å². The van der Waals surface area contributed by atoms with Crippen molar-refractivity contribution in [3.8, 4) is 0 Å². The molecule has 1 atom stereocenters. The summed E-state index contributed by atoms with van der Waals surface area (Å²) in [5, 5.41) is 8.43. The zero-order valence-corrected chi connectivity index (χ0v) is 9.59. The van der Waals surface area contributed by atoms with Crippen molar-refractivity contribution in [1.29, 1.82) is 0 Å². The number of carboxylic acid groups (broad SMARTS) is 1. The minimum Gasteiger partial charge on any atom is -0.480 e. The first kappa shape index (κ1) is 16.6. The maximum Gasteiger partial charge on any atom is 0.320 e. The Kier molecular flexibility index (Phi) is 10.8. The van der Waals surface area contributed by atoms with Crippen LogP contribution < -0.4 is 5.73 Å². The molecule has 0 saturated heterocycles. The fraction of sp³-hybridized carbons (Fsp3) is 0.778. The van der Waals surface area contributed by atoms with E-state index in [1.807, 2.05) is 6.92 Å². The Bertz CT molecular complexity index is 199. The van der Waals surface area contributed by atoms with Gasteiger partial charge in [0, 0.05) is 6.42 Å². The molecule has 0 aromatic rings. The van der Waals surface area contributed by atoms with Gasteiger partial charge in [0.1, 0.15) is 6.04 Å². The predicted molar refractivity (Wildman–Crippen MR) is 58.0 cm³/mol. The van der Waals surface area contributed by atoms with Crippen molar-refractivity contribution in [3.05, 3.63) is 0 Å². The van der Waals surface area contributed by atoms with Gasteiger partial charge in [-0.3, -0.25) is 9.59 Å². The molecule has 0 aromatic carbocycles. The van der Waals surface area contributed by atoms with Crippen LogP contribution in [-0.4, -0.2) is 29.7 Å². The zero-order valence-electron chi connectivity index (χ0n) is 8.77. The van der Waals surface area contributed by atoms with Crippen molar-refractivity contribution in [1.82, 2.24) is 0 Å². The largest absolute Gasteiger partial charge is 0.480 e. The zero-order chi connectivity index (χ0) is 11.0. The van der Waals surface area contributed by atoms with Gasteiger partial charge >= 0.3 is 11.9 Å². The molecule has 0 amide bonds. The Morgan fingerprint density at radius 1 is 1.47 bits per heavy atom. The average Bonchev–Trinajstić information content (AvgIpc) is 2.14. The standard InChI is InChI=1S/C9H17NO4.ClH/c1-2-3-6-14-8(11)5-4-7(10)9(12)13;/h7H,2-6,10H2,1H3,(H,12,13);1H/t7-;/m0./s1. The van der Waals surface area contributed by atoms with Crippen LogP contribution in [0.3, 0.4) is 0 Å². The molecule has 3 N–H and O–H groups in total. The normalized spacial score (nSPS) is 11.3. The van der Waals surface area contributed by atoms with Crippen LogP contribution in [0.25, 0.3) is 0 Å². The van der Waals surface area contributed by atoms with Crippen molar-refractivity contribution < 1.29 is 19.4 Å². The number of ether oxygens (including phenoxy) is 1. The van der Waals surface area contributed by atoms with Crippen molar-refractivity contribution in [2.24, 2.45) is 5.73 Å². The molecule has 0 aromatic heterocycles.